The number of ether oxygens (including phenoxy) is 1. The Hall–Kier alpha value is -4.63. The highest BCUT2D eigenvalue weighted by molar-refractivity contribution is 5.92. The van der Waals surface area contributed by atoms with E-state index in [1.165, 1.54) is 35.9 Å². The van der Waals surface area contributed by atoms with Gasteiger partial charge in [-0.25, -0.2) is 0 Å². The van der Waals surface area contributed by atoms with E-state index >= 15 is 0 Å². The molecule has 1 aliphatic rings. The predicted molar refractivity (Wildman–Crippen MR) is 166 cm³/mol. The number of alkyl halides is 3. The number of pyridine rings is 1. The number of benzene rings is 3. The van der Waals surface area contributed by atoms with Crippen molar-refractivity contribution in [3.8, 4) is 5.75 Å². The molecule has 0 spiro atoms. The molecule has 1 saturated heterocycles. The number of amides is 1. The molecule has 9 heteroatoms. The van der Waals surface area contributed by atoms with Gasteiger partial charge in [0, 0.05) is 69.1 Å². The Labute approximate surface area is 256 Å². The van der Waals surface area contributed by atoms with Crippen molar-refractivity contribution in [2.24, 2.45) is 0 Å². The molecule has 0 aliphatic carbocycles. The molecule has 6 nitrogen and oxygen atoms in total. The first-order valence-corrected chi connectivity index (χ1v) is 14.6. The van der Waals surface area contributed by atoms with Crippen LogP contribution in [0.4, 0.5) is 24.5 Å². The number of hydrogen-bond donors (Lipinski definition) is 0. The zero-order valence-electron chi connectivity index (χ0n) is 24.5. The number of likely N-dealkylation sites (tertiary alicyclic amines) is 1. The van der Waals surface area contributed by atoms with Crippen molar-refractivity contribution in [1.82, 2.24) is 14.8 Å². The van der Waals surface area contributed by atoms with Gasteiger partial charge >= 0.3 is 6.36 Å². The standard InChI is InChI=1S/C35H35F3N4O2/c1-40(31-17-21-39-22-18-31)30-12-7-29(8-13-30)26-42(32-19-23-41(24-20-32)25-28-5-3-2-4-6-28)34(43)16-11-27-9-14-33(15-10-27)44-35(36,37)38/h2-18,21-22,32H,19-20,23-26H2,1H3/b16-11+. The van der Waals surface area contributed by atoms with Crippen molar-refractivity contribution in [2.75, 3.05) is 25.0 Å². The van der Waals surface area contributed by atoms with Crippen LogP contribution in [0.2, 0.25) is 0 Å². The highest BCUT2D eigenvalue weighted by Gasteiger charge is 2.31. The quantitative estimate of drug-likeness (QED) is 0.177. The average Bonchev–Trinajstić information content (AvgIpc) is 3.04. The number of nitrogens with zero attached hydrogens (tertiary/aromatic N) is 4. The van der Waals surface area contributed by atoms with E-state index in [-0.39, 0.29) is 17.7 Å². The van der Waals surface area contributed by atoms with Gasteiger partial charge in [0.25, 0.3) is 0 Å². The summed E-state index contributed by atoms with van der Waals surface area (Å²) in [6.45, 7) is 3.08. The van der Waals surface area contributed by atoms with Crippen LogP contribution >= 0.6 is 0 Å². The minimum Gasteiger partial charge on any atom is -0.406 e. The van der Waals surface area contributed by atoms with Gasteiger partial charge in [0.2, 0.25) is 5.91 Å². The molecule has 0 bridgehead atoms. The van der Waals surface area contributed by atoms with Crippen LogP contribution in [0.1, 0.15) is 29.5 Å². The summed E-state index contributed by atoms with van der Waals surface area (Å²) in [5.74, 6) is -0.442. The summed E-state index contributed by atoms with van der Waals surface area (Å²) in [6, 6.07) is 28.0. The fourth-order valence-electron chi connectivity index (χ4n) is 5.40. The molecule has 4 aromatic rings. The molecule has 0 radical (unpaired) electrons. The smallest absolute Gasteiger partial charge is 0.406 e. The van der Waals surface area contributed by atoms with E-state index in [4.69, 9.17) is 0 Å². The minimum absolute atomic E-state index is 0.0564. The molecule has 228 valence electrons. The maximum absolute atomic E-state index is 13.6. The first-order valence-electron chi connectivity index (χ1n) is 14.6. The number of piperidine rings is 1. The Morgan fingerprint density at radius 2 is 1.52 bits per heavy atom. The molecule has 2 heterocycles. The van der Waals surface area contributed by atoms with Crippen LogP contribution < -0.4 is 9.64 Å². The highest BCUT2D eigenvalue weighted by atomic mass is 19.4. The molecule has 5 rings (SSSR count). The lowest BCUT2D eigenvalue weighted by molar-refractivity contribution is -0.274. The van der Waals surface area contributed by atoms with Crippen molar-refractivity contribution in [2.45, 2.75) is 38.3 Å². The van der Waals surface area contributed by atoms with E-state index in [9.17, 15) is 18.0 Å². The van der Waals surface area contributed by atoms with Crippen LogP contribution in [0.25, 0.3) is 6.08 Å². The fourth-order valence-corrected chi connectivity index (χ4v) is 5.40. The lowest BCUT2D eigenvalue weighted by Crippen LogP contribution is -2.46. The summed E-state index contributed by atoms with van der Waals surface area (Å²) < 4.78 is 41.5. The number of rotatable bonds is 10. The topological polar surface area (TPSA) is 48.9 Å². The Balaban J connectivity index is 1.28. The second kappa shape index (κ2) is 14.2. The fraction of sp³-hybridized carbons (Fsp3) is 0.257. The van der Waals surface area contributed by atoms with Crippen LogP contribution in [-0.4, -0.2) is 53.2 Å². The van der Waals surface area contributed by atoms with Crippen LogP contribution in [0.5, 0.6) is 5.75 Å². The summed E-state index contributed by atoms with van der Waals surface area (Å²) in [6.07, 6.45) is 3.58. The number of carbonyl (C=O) groups is 1. The third-order valence-corrected chi connectivity index (χ3v) is 7.79. The first-order chi connectivity index (χ1) is 21.2. The van der Waals surface area contributed by atoms with Crippen LogP contribution in [0.15, 0.2) is 109 Å². The number of aromatic nitrogens is 1. The highest BCUT2D eigenvalue weighted by Crippen LogP contribution is 2.26. The maximum atomic E-state index is 13.6. The van der Waals surface area contributed by atoms with Gasteiger partial charge in [-0.3, -0.25) is 14.7 Å². The van der Waals surface area contributed by atoms with E-state index in [1.54, 1.807) is 18.5 Å². The van der Waals surface area contributed by atoms with Gasteiger partial charge in [0.1, 0.15) is 5.75 Å². The molecular weight excluding hydrogens is 565 g/mol. The first kappa shape index (κ1) is 30.8. The second-order valence-electron chi connectivity index (χ2n) is 10.8. The molecule has 0 saturated carbocycles. The molecule has 44 heavy (non-hydrogen) atoms. The monoisotopic (exact) mass is 600 g/mol. The van der Waals surface area contributed by atoms with Crippen molar-refractivity contribution >= 4 is 23.4 Å². The second-order valence-corrected chi connectivity index (χ2v) is 10.8. The Kier molecular flexibility index (Phi) is 9.96. The molecule has 0 N–H and O–H groups in total. The lowest BCUT2D eigenvalue weighted by atomic mass is 10.0. The number of anilines is 2. The van der Waals surface area contributed by atoms with Gasteiger partial charge in [-0.1, -0.05) is 54.6 Å². The number of carbonyl (C=O) groups excluding carboxylic acids is 1. The molecular formula is C35H35F3N4O2. The van der Waals surface area contributed by atoms with Crippen LogP contribution in [0, 0.1) is 0 Å². The Morgan fingerprint density at radius 1 is 0.886 bits per heavy atom. The van der Waals surface area contributed by atoms with E-state index < -0.39 is 6.36 Å². The van der Waals surface area contributed by atoms with Crippen molar-refractivity contribution in [3.05, 3.63) is 126 Å². The number of halogens is 3. The van der Waals surface area contributed by atoms with Crippen molar-refractivity contribution in [3.63, 3.8) is 0 Å². The summed E-state index contributed by atoms with van der Waals surface area (Å²) >= 11 is 0. The third kappa shape index (κ3) is 8.70. The van der Waals surface area contributed by atoms with Gasteiger partial charge in [-0.15, -0.1) is 13.2 Å². The van der Waals surface area contributed by atoms with Crippen molar-refractivity contribution in [1.29, 1.82) is 0 Å². The lowest BCUT2D eigenvalue weighted by Gasteiger charge is -2.38. The van der Waals surface area contributed by atoms with Crippen LogP contribution in [-0.2, 0) is 17.9 Å². The Bertz CT molecular complexity index is 1500. The van der Waals surface area contributed by atoms with Gasteiger partial charge in [-0.2, -0.15) is 0 Å². The SMILES string of the molecule is CN(c1ccncc1)c1ccc(CN(C(=O)/C=C/c2ccc(OC(F)(F)F)cc2)C2CCN(Cc3ccccc3)CC2)cc1. The number of hydrogen-bond acceptors (Lipinski definition) is 5. The summed E-state index contributed by atoms with van der Waals surface area (Å²) in [5.41, 5.74) is 4.93. The zero-order valence-corrected chi connectivity index (χ0v) is 24.5. The van der Waals surface area contributed by atoms with Gasteiger partial charge < -0.3 is 14.5 Å². The average molecular weight is 601 g/mol. The molecule has 0 atom stereocenters. The molecule has 3 aromatic carbocycles. The summed E-state index contributed by atoms with van der Waals surface area (Å²) in [5, 5.41) is 0. The molecule has 1 aromatic heterocycles. The van der Waals surface area contributed by atoms with E-state index in [0.717, 1.165) is 49.4 Å². The van der Waals surface area contributed by atoms with Crippen LogP contribution in [0.3, 0.4) is 0 Å². The summed E-state index contributed by atoms with van der Waals surface area (Å²) in [4.78, 5) is 24.1. The predicted octanol–water partition coefficient (Wildman–Crippen LogP) is 7.45. The van der Waals surface area contributed by atoms with E-state index in [0.29, 0.717) is 12.1 Å². The minimum atomic E-state index is -4.75. The van der Waals surface area contributed by atoms with E-state index in [2.05, 4.69) is 31.7 Å². The van der Waals surface area contributed by atoms with Gasteiger partial charge in [-0.05, 0) is 72.0 Å². The molecule has 0 unspecified atom stereocenters. The Morgan fingerprint density at radius 3 is 2.16 bits per heavy atom. The van der Waals surface area contributed by atoms with E-state index in [1.807, 2.05) is 66.5 Å². The maximum Gasteiger partial charge on any atom is 0.573 e. The zero-order chi connectivity index (χ0) is 30.9. The third-order valence-electron chi connectivity index (χ3n) is 7.79. The normalized spacial score (nSPS) is 14.5. The van der Waals surface area contributed by atoms with Crippen molar-refractivity contribution < 1.29 is 22.7 Å². The summed E-state index contributed by atoms with van der Waals surface area (Å²) in [7, 11) is 2.00. The molecule has 1 fully saturated rings. The van der Waals surface area contributed by atoms with Gasteiger partial charge in [0.15, 0.2) is 0 Å². The molecule has 1 aliphatic heterocycles. The molecule has 1 amide bonds. The largest absolute Gasteiger partial charge is 0.573 e. The van der Waals surface area contributed by atoms with Gasteiger partial charge in [0.05, 0.1) is 0 Å².